The highest BCUT2D eigenvalue weighted by atomic mass is 32.2. The summed E-state index contributed by atoms with van der Waals surface area (Å²) >= 11 is 0. The molecule has 0 saturated carbocycles. The van der Waals surface area contributed by atoms with Crippen LogP contribution in [0.1, 0.15) is 10.8 Å². The van der Waals surface area contributed by atoms with Crippen molar-refractivity contribution in [3.05, 3.63) is 35.9 Å². The Hall–Kier alpha value is -0.680. The molecule has 6 nitrogen and oxygen atoms in total. The quantitative estimate of drug-likeness (QED) is 0.258. The van der Waals surface area contributed by atoms with Crippen LogP contribution in [0.15, 0.2) is 30.3 Å². The molecule has 0 spiro atoms. The van der Waals surface area contributed by atoms with Crippen LogP contribution in [-0.4, -0.2) is 67.7 Å². The summed E-state index contributed by atoms with van der Waals surface area (Å²) in [6, 6.07) is 10.9. The van der Waals surface area contributed by atoms with Crippen molar-refractivity contribution >= 4 is 42.0 Å². The van der Waals surface area contributed by atoms with Crippen LogP contribution >= 0.6 is 0 Å². The van der Waals surface area contributed by atoms with Crippen molar-refractivity contribution in [1.29, 1.82) is 0 Å². The van der Waals surface area contributed by atoms with Crippen LogP contribution < -0.4 is 0 Å². The van der Waals surface area contributed by atoms with Crippen molar-refractivity contribution in [1.82, 2.24) is 0 Å². The van der Waals surface area contributed by atoms with Crippen molar-refractivity contribution < 1.29 is 52.3 Å². The lowest BCUT2D eigenvalue weighted by Crippen LogP contribution is -2.21. The Labute approximate surface area is 177 Å². The fourth-order valence-corrected chi connectivity index (χ4v) is 4.88. The zero-order valence-electron chi connectivity index (χ0n) is 16.0. The van der Waals surface area contributed by atoms with Gasteiger partial charge in [-0.25, -0.2) is 16.8 Å². The molecule has 1 unspecified atom stereocenters. The third-order valence-corrected chi connectivity index (χ3v) is 6.71. The van der Waals surface area contributed by atoms with Gasteiger partial charge in [0, 0.05) is 5.56 Å². The minimum atomic E-state index is -6.09. The summed E-state index contributed by atoms with van der Waals surface area (Å²) in [4.78, 5) is 0. The van der Waals surface area contributed by atoms with Crippen molar-refractivity contribution in [2.45, 2.75) is 16.3 Å². The van der Waals surface area contributed by atoms with E-state index in [1.807, 2.05) is 0 Å². The van der Waals surface area contributed by atoms with Gasteiger partial charge in [0.15, 0.2) is 31.2 Å². The average molecular weight is 527 g/mol. The number of benzene rings is 1. The third kappa shape index (κ3) is 13.6. The second-order valence-corrected chi connectivity index (χ2v) is 13.1. The Bertz CT molecular complexity index is 779. The first kappa shape index (κ1) is 31.5. The first-order chi connectivity index (χ1) is 13.1. The number of hydrogen-bond donors (Lipinski definition) is 0. The molecule has 0 aromatic heterocycles. The summed E-state index contributed by atoms with van der Waals surface area (Å²) in [5, 5.41) is 0.759. The van der Waals surface area contributed by atoms with Gasteiger partial charge in [0.2, 0.25) is 0 Å². The van der Waals surface area contributed by atoms with Gasteiger partial charge in [-0.1, -0.05) is 30.3 Å². The van der Waals surface area contributed by atoms with Crippen LogP contribution in [0.3, 0.4) is 0 Å². The molecule has 0 bridgehead atoms. The van der Waals surface area contributed by atoms with Gasteiger partial charge < -0.3 is 9.11 Å². The summed E-state index contributed by atoms with van der Waals surface area (Å²) in [5.41, 5.74) is -9.78. The van der Waals surface area contributed by atoms with Gasteiger partial charge in [-0.15, -0.1) is 0 Å². The fourth-order valence-electron chi connectivity index (χ4n) is 1.47. The molecule has 0 radical (unpaired) electrons. The number of alkyl halides is 6. The standard InChI is InChI=1S/C12H20S2.2CHF3O3S/c1-13(2)10-12(14(3)4)11-8-6-5-7-9-11;2*2-1(3,4)8(5,6)7/h5-9,12H,10H2,1-4H3;2*(H,5,6,7)/q+2;;/p-2. The monoisotopic (exact) mass is 526 g/mol. The smallest absolute Gasteiger partial charge is 0.485 e. The highest BCUT2D eigenvalue weighted by molar-refractivity contribution is 7.99. The van der Waals surface area contributed by atoms with Crippen molar-refractivity contribution in [2.75, 3.05) is 30.8 Å². The summed E-state index contributed by atoms with van der Waals surface area (Å²) < 4.78 is 118. The highest BCUT2D eigenvalue weighted by Gasteiger charge is 2.37. The Kier molecular flexibility index (Phi) is 13.0. The molecule has 0 aliphatic rings. The SMILES string of the molecule is C[S+](C)CC(c1ccccc1)[S+](C)C.O=S(=O)([O-])C(F)(F)F.O=S(=O)([O-])C(F)(F)F. The fraction of sp³-hybridized carbons (Fsp3) is 0.571. The topological polar surface area (TPSA) is 114 Å². The van der Waals surface area contributed by atoms with E-state index < -0.39 is 31.3 Å². The van der Waals surface area contributed by atoms with Gasteiger partial charge in [-0.2, -0.15) is 26.3 Å². The predicted molar refractivity (Wildman–Crippen MR) is 104 cm³/mol. The zero-order valence-corrected chi connectivity index (χ0v) is 19.3. The van der Waals surface area contributed by atoms with Gasteiger partial charge in [0.1, 0.15) is 0 Å². The van der Waals surface area contributed by atoms with Crippen LogP contribution in [0.2, 0.25) is 0 Å². The molecule has 0 fully saturated rings. The molecular weight excluding hydrogens is 506 g/mol. The minimum Gasteiger partial charge on any atom is -0.741 e. The first-order valence-electron chi connectivity index (χ1n) is 7.31. The van der Waals surface area contributed by atoms with E-state index in [9.17, 15) is 26.3 Å². The van der Waals surface area contributed by atoms with E-state index in [1.54, 1.807) is 0 Å². The zero-order chi connectivity index (χ0) is 24.6. The molecule has 178 valence electrons. The van der Waals surface area contributed by atoms with Crippen LogP contribution in [0.25, 0.3) is 0 Å². The molecule has 1 rings (SSSR count). The Balaban J connectivity index is 0. The molecule has 0 aliphatic heterocycles. The lowest BCUT2D eigenvalue weighted by Gasteiger charge is -2.11. The van der Waals surface area contributed by atoms with Crippen molar-refractivity contribution in [3.8, 4) is 0 Å². The molecule has 0 amide bonds. The van der Waals surface area contributed by atoms with Gasteiger partial charge in [-0.05, 0) is 21.8 Å². The maximum Gasteiger partial charge on any atom is 0.485 e. The third-order valence-electron chi connectivity index (χ3n) is 2.79. The van der Waals surface area contributed by atoms with Gasteiger partial charge in [0.05, 0.1) is 25.0 Å². The molecule has 0 N–H and O–H groups in total. The number of hydrogen-bond acceptors (Lipinski definition) is 6. The second kappa shape index (κ2) is 12.4. The van der Waals surface area contributed by atoms with Crippen LogP contribution in [0.5, 0.6) is 0 Å². The van der Waals surface area contributed by atoms with Crippen molar-refractivity contribution in [3.63, 3.8) is 0 Å². The lowest BCUT2D eigenvalue weighted by atomic mass is 10.2. The molecular formula is C14H20F6O6S4. The predicted octanol–water partition coefficient (Wildman–Crippen LogP) is 2.59. The van der Waals surface area contributed by atoms with E-state index in [0.717, 1.165) is 5.25 Å². The Morgan fingerprint density at radius 1 is 0.800 bits per heavy atom. The van der Waals surface area contributed by atoms with Gasteiger partial charge >= 0.3 is 11.0 Å². The summed E-state index contributed by atoms with van der Waals surface area (Å²) in [6.07, 6.45) is 9.38. The number of rotatable bonds is 4. The maximum atomic E-state index is 10.7. The first-order valence-corrected chi connectivity index (χ1v) is 14.4. The molecule has 0 heterocycles. The van der Waals surface area contributed by atoms with E-state index in [1.165, 1.54) is 11.3 Å². The molecule has 0 saturated heterocycles. The normalized spacial score (nSPS) is 13.8. The molecule has 1 atom stereocenters. The molecule has 1 aromatic carbocycles. The van der Waals surface area contributed by atoms with E-state index in [2.05, 4.69) is 55.4 Å². The second-order valence-electron chi connectivity index (χ2n) is 5.73. The summed E-state index contributed by atoms with van der Waals surface area (Å²) in [6.45, 7) is 0. The lowest BCUT2D eigenvalue weighted by molar-refractivity contribution is -0.0522. The van der Waals surface area contributed by atoms with Gasteiger partial charge in [0.25, 0.3) is 0 Å². The van der Waals surface area contributed by atoms with E-state index >= 15 is 0 Å². The highest BCUT2D eigenvalue weighted by Crippen LogP contribution is 2.23. The Morgan fingerprint density at radius 3 is 1.30 bits per heavy atom. The average Bonchev–Trinajstić information content (AvgIpc) is 2.50. The van der Waals surface area contributed by atoms with Crippen LogP contribution in [0.4, 0.5) is 26.3 Å². The van der Waals surface area contributed by atoms with E-state index in [-0.39, 0.29) is 0 Å². The Morgan fingerprint density at radius 2 is 1.10 bits per heavy atom. The molecule has 0 aliphatic carbocycles. The maximum absolute atomic E-state index is 10.7. The van der Waals surface area contributed by atoms with E-state index in [0.29, 0.717) is 21.8 Å². The van der Waals surface area contributed by atoms with Crippen LogP contribution in [-0.2, 0) is 42.0 Å². The van der Waals surface area contributed by atoms with Crippen LogP contribution in [0, 0.1) is 0 Å². The molecule has 1 aromatic rings. The minimum absolute atomic E-state index is 0.482. The van der Waals surface area contributed by atoms with Crippen molar-refractivity contribution in [2.24, 2.45) is 0 Å². The summed E-state index contributed by atoms with van der Waals surface area (Å²) in [7, 11) is -11.2. The summed E-state index contributed by atoms with van der Waals surface area (Å²) in [5.74, 6) is 1.33. The van der Waals surface area contributed by atoms with E-state index in [4.69, 9.17) is 25.9 Å². The molecule has 16 heteroatoms. The number of halogens is 6. The largest absolute Gasteiger partial charge is 0.741 e. The van der Waals surface area contributed by atoms with Gasteiger partial charge in [-0.3, -0.25) is 0 Å². The molecule has 30 heavy (non-hydrogen) atoms.